The van der Waals surface area contributed by atoms with Crippen LogP contribution >= 0.6 is 12.4 Å². The van der Waals surface area contributed by atoms with Crippen molar-refractivity contribution in [2.45, 2.75) is 33.2 Å². The van der Waals surface area contributed by atoms with E-state index in [0.717, 1.165) is 6.42 Å². The monoisotopic (exact) mass is 263 g/mol. The molecule has 0 fully saturated rings. The van der Waals surface area contributed by atoms with Crippen LogP contribution in [0.1, 0.15) is 37.4 Å². The summed E-state index contributed by atoms with van der Waals surface area (Å²) in [5, 5.41) is 2.63. The Hall–Kier alpha value is -1.05. The largest absolute Gasteiger partial charge is 0.324 e. The van der Waals surface area contributed by atoms with Crippen LogP contribution in [-0.2, 0) is 0 Å². The van der Waals surface area contributed by atoms with E-state index in [0.29, 0.717) is 5.92 Å². The smallest absolute Gasteiger partial charge is 0.0326 e. The van der Waals surface area contributed by atoms with E-state index in [1.54, 1.807) is 0 Å². The van der Waals surface area contributed by atoms with Gasteiger partial charge in [-0.25, -0.2) is 0 Å². The molecule has 0 saturated carbocycles. The van der Waals surface area contributed by atoms with Gasteiger partial charge < -0.3 is 5.73 Å². The predicted octanol–water partition coefficient (Wildman–Crippen LogP) is 4.62. The summed E-state index contributed by atoms with van der Waals surface area (Å²) in [6.45, 7) is 6.57. The van der Waals surface area contributed by atoms with E-state index in [1.807, 2.05) is 0 Å². The molecule has 2 rings (SSSR count). The Morgan fingerprint density at radius 1 is 1.06 bits per heavy atom. The summed E-state index contributed by atoms with van der Waals surface area (Å²) in [6, 6.07) is 13.0. The molecule has 0 aliphatic heterocycles. The molecule has 0 amide bonds. The quantitative estimate of drug-likeness (QED) is 0.859. The lowest BCUT2D eigenvalue weighted by molar-refractivity contribution is 0.459. The SMILES string of the molecule is CCC(C)[C@H](N)c1ccc(C)c2ccccc12.Cl. The van der Waals surface area contributed by atoms with Gasteiger partial charge in [-0.1, -0.05) is 56.7 Å². The first-order valence-corrected chi connectivity index (χ1v) is 6.39. The molecule has 2 heteroatoms. The van der Waals surface area contributed by atoms with Gasteiger partial charge >= 0.3 is 0 Å². The van der Waals surface area contributed by atoms with Crippen LogP contribution in [0.4, 0.5) is 0 Å². The fraction of sp³-hybridized carbons (Fsp3) is 0.375. The zero-order chi connectivity index (χ0) is 12.4. The molecule has 0 bridgehead atoms. The van der Waals surface area contributed by atoms with Gasteiger partial charge in [0.2, 0.25) is 0 Å². The van der Waals surface area contributed by atoms with E-state index >= 15 is 0 Å². The number of nitrogens with two attached hydrogens (primary N) is 1. The molecule has 0 aliphatic rings. The number of fused-ring (bicyclic) bond motifs is 1. The molecule has 0 radical (unpaired) electrons. The van der Waals surface area contributed by atoms with Gasteiger partial charge in [0.1, 0.15) is 0 Å². The van der Waals surface area contributed by atoms with Crippen LogP contribution in [0.5, 0.6) is 0 Å². The standard InChI is InChI=1S/C16H21N.ClH/c1-4-11(2)16(17)15-10-9-12(3)13-7-5-6-8-14(13)15;/h5-11,16H,4,17H2,1-3H3;1H/t11?,16-;/m0./s1. The molecule has 2 aromatic carbocycles. The lowest BCUT2D eigenvalue weighted by Gasteiger charge is -2.21. The first-order chi connectivity index (χ1) is 8.15. The third kappa shape index (κ3) is 2.68. The Kier molecular flexibility index (Phi) is 5.18. The Labute approximate surface area is 116 Å². The molecule has 98 valence electrons. The van der Waals surface area contributed by atoms with E-state index in [4.69, 9.17) is 5.73 Å². The van der Waals surface area contributed by atoms with Crippen LogP contribution in [0.2, 0.25) is 0 Å². The van der Waals surface area contributed by atoms with Crippen molar-refractivity contribution in [2.75, 3.05) is 0 Å². The highest BCUT2D eigenvalue weighted by Gasteiger charge is 2.15. The van der Waals surface area contributed by atoms with E-state index < -0.39 is 0 Å². The highest BCUT2D eigenvalue weighted by atomic mass is 35.5. The third-order valence-corrected chi connectivity index (χ3v) is 3.79. The molecular formula is C16H22ClN. The maximum absolute atomic E-state index is 6.37. The van der Waals surface area contributed by atoms with Gasteiger partial charge in [0.05, 0.1) is 0 Å². The second-order valence-corrected chi connectivity index (χ2v) is 4.93. The Bertz CT molecular complexity index is 521. The Morgan fingerprint density at radius 3 is 2.28 bits per heavy atom. The van der Waals surface area contributed by atoms with Crippen molar-refractivity contribution >= 4 is 23.2 Å². The zero-order valence-corrected chi connectivity index (χ0v) is 12.1. The topological polar surface area (TPSA) is 26.0 Å². The lowest BCUT2D eigenvalue weighted by atomic mass is 9.89. The van der Waals surface area contributed by atoms with Crippen molar-refractivity contribution in [3.8, 4) is 0 Å². The van der Waals surface area contributed by atoms with Crippen LogP contribution < -0.4 is 5.73 Å². The Balaban J connectivity index is 0.00000162. The van der Waals surface area contributed by atoms with Crippen molar-refractivity contribution in [1.82, 2.24) is 0 Å². The number of hydrogen-bond acceptors (Lipinski definition) is 1. The lowest BCUT2D eigenvalue weighted by Crippen LogP contribution is -2.18. The number of benzene rings is 2. The molecule has 0 heterocycles. The fourth-order valence-corrected chi connectivity index (χ4v) is 2.32. The molecule has 1 nitrogen and oxygen atoms in total. The summed E-state index contributed by atoms with van der Waals surface area (Å²) in [6.07, 6.45) is 1.11. The van der Waals surface area contributed by atoms with E-state index in [9.17, 15) is 0 Å². The fourth-order valence-electron chi connectivity index (χ4n) is 2.32. The van der Waals surface area contributed by atoms with Gasteiger partial charge in [-0.15, -0.1) is 12.4 Å². The summed E-state index contributed by atoms with van der Waals surface area (Å²) in [4.78, 5) is 0. The van der Waals surface area contributed by atoms with Crippen LogP contribution in [-0.4, -0.2) is 0 Å². The van der Waals surface area contributed by atoms with E-state index in [1.165, 1.54) is 21.9 Å². The molecule has 0 spiro atoms. The van der Waals surface area contributed by atoms with Crippen molar-refractivity contribution in [2.24, 2.45) is 11.7 Å². The van der Waals surface area contributed by atoms with Crippen LogP contribution in [0.3, 0.4) is 0 Å². The van der Waals surface area contributed by atoms with Gasteiger partial charge in [0.15, 0.2) is 0 Å². The summed E-state index contributed by atoms with van der Waals surface area (Å²) in [5.41, 5.74) is 8.96. The normalized spacial score (nSPS) is 14.0. The highest BCUT2D eigenvalue weighted by Crippen LogP contribution is 2.30. The first kappa shape index (κ1) is 15.0. The minimum atomic E-state index is 0. The van der Waals surface area contributed by atoms with Crippen molar-refractivity contribution in [3.05, 3.63) is 47.5 Å². The van der Waals surface area contributed by atoms with Gasteiger partial charge in [-0.2, -0.15) is 0 Å². The van der Waals surface area contributed by atoms with Gasteiger partial charge in [-0.05, 0) is 34.7 Å². The average Bonchev–Trinajstić information content (AvgIpc) is 2.38. The van der Waals surface area contributed by atoms with Gasteiger partial charge in [0, 0.05) is 6.04 Å². The zero-order valence-electron chi connectivity index (χ0n) is 11.3. The predicted molar refractivity (Wildman–Crippen MR) is 82.3 cm³/mol. The van der Waals surface area contributed by atoms with Crippen molar-refractivity contribution in [1.29, 1.82) is 0 Å². The van der Waals surface area contributed by atoms with Crippen molar-refractivity contribution in [3.63, 3.8) is 0 Å². The summed E-state index contributed by atoms with van der Waals surface area (Å²) in [7, 11) is 0. The number of rotatable bonds is 3. The molecule has 2 N–H and O–H groups in total. The molecule has 1 unspecified atom stereocenters. The molecule has 0 aromatic heterocycles. The molecule has 0 saturated heterocycles. The minimum Gasteiger partial charge on any atom is -0.324 e. The highest BCUT2D eigenvalue weighted by molar-refractivity contribution is 5.88. The van der Waals surface area contributed by atoms with E-state index in [-0.39, 0.29) is 18.4 Å². The molecular weight excluding hydrogens is 242 g/mol. The van der Waals surface area contributed by atoms with E-state index in [2.05, 4.69) is 57.2 Å². The third-order valence-electron chi connectivity index (χ3n) is 3.79. The number of halogens is 1. The maximum atomic E-state index is 6.37. The minimum absolute atomic E-state index is 0. The van der Waals surface area contributed by atoms with Gasteiger partial charge in [-0.3, -0.25) is 0 Å². The maximum Gasteiger partial charge on any atom is 0.0326 e. The van der Waals surface area contributed by atoms with Gasteiger partial charge in [0.25, 0.3) is 0 Å². The number of hydrogen-bond donors (Lipinski definition) is 1. The summed E-state index contributed by atoms with van der Waals surface area (Å²) >= 11 is 0. The summed E-state index contributed by atoms with van der Waals surface area (Å²) in [5.74, 6) is 0.515. The van der Waals surface area contributed by atoms with Crippen LogP contribution in [0, 0.1) is 12.8 Å². The molecule has 2 aromatic rings. The number of aryl methyl sites for hydroxylation is 1. The molecule has 2 atom stereocenters. The second kappa shape index (κ2) is 6.21. The second-order valence-electron chi connectivity index (χ2n) is 4.93. The first-order valence-electron chi connectivity index (χ1n) is 6.39. The van der Waals surface area contributed by atoms with Crippen molar-refractivity contribution < 1.29 is 0 Å². The van der Waals surface area contributed by atoms with Crippen LogP contribution in [0.25, 0.3) is 10.8 Å². The average molecular weight is 264 g/mol. The van der Waals surface area contributed by atoms with Crippen LogP contribution in [0.15, 0.2) is 36.4 Å². The molecule has 18 heavy (non-hydrogen) atoms. The Morgan fingerprint density at radius 2 is 1.67 bits per heavy atom. The molecule has 0 aliphatic carbocycles. The summed E-state index contributed by atoms with van der Waals surface area (Å²) < 4.78 is 0.